The number of halogens is 2. The topological polar surface area (TPSA) is 51.2 Å². The summed E-state index contributed by atoms with van der Waals surface area (Å²) in [7, 11) is 0. The third kappa shape index (κ3) is 4.60. The second kappa shape index (κ2) is 7.99. The molecule has 0 aliphatic rings. The average Bonchev–Trinajstić information content (AvgIpc) is 3.04. The molecular weight excluding hydrogens is 424 g/mol. The Morgan fingerprint density at radius 2 is 2.12 bits per heavy atom. The first-order valence-electron chi connectivity index (χ1n) is 7.42. The standard InChI is InChI=1S/C18H14BrClN2O2S/c1-11-8-12(6-7-14(11)19)24-9-17(23)22-18-21-16(10-25-18)13-4-2-3-5-15(13)20/h2-8,10H,9H2,1H3,(H,21,22,23). The van der Waals surface area contributed by atoms with Crippen molar-refractivity contribution in [3.05, 3.63) is 62.9 Å². The first kappa shape index (κ1) is 17.9. The first-order valence-corrected chi connectivity index (χ1v) is 9.47. The highest BCUT2D eigenvalue weighted by molar-refractivity contribution is 9.10. The molecule has 128 valence electrons. The number of aryl methyl sites for hydroxylation is 1. The summed E-state index contributed by atoms with van der Waals surface area (Å²) in [5.74, 6) is 0.382. The Bertz CT molecular complexity index is 914. The molecule has 0 bridgehead atoms. The quantitative estimate of drug-likeness (QED) is 0.569. The second-order valence-corrected chi connectivity index (χ2v) is 7.39. The molecule has 0 aliphatic carbocycles. The Morgan fingerprint density at radius 1 is 1.32 bits per heavy atom. The van der Waals surface area contributed by atoms with E-state index in [1.807, 2.05) is 54.8 Å². The van der Waals surface area contributed by atoms with Gasteiger partial charge in [0.15, 0.2) is 11.7 Å². The molecule has 1 heterocycles. The van der Waals surface area contributed by atoms with E-state index in [-0.39, 0.29) is 12.5 Å². The van der Waals surface area contributed by atoms with Gasteiger partial charge < -0.3 is 4.74 Å². The summed E-state index contributed by atoms with van der Waals surface area (Å²) in [6, 6.07) is 13.0. The molecule has 0 unspecified atom stereocenters. The van der Waals surface area contributed by atoms with Crippen molar-refractivity contribution >= 4 is 49.9 Å². The average molecular weight is 438 g/mol. The van der Waals surface area contributed by atoms with E-state index >= 15 is 0 Å². The molecule has 0 radical (unpaired) electrons. The lowest BCUT2D eigenvalue weighted by atomic mass is 10.2. The minimum atomic E-state index is -0.263. The summed E-state index contributed by atoms with van der Waals surface area (Å²) >= 11 is 10.9. The molecule has 7 heteroatoms. The summed E-state index contributed by atoms with van der Waals surface area (Å²) in [6.07, 6.45) is 0. The van der Waals surface area contributed by atoms with Crippen LogP contribution in [0.1, 0.15) is 5.56 Å². The minimum Gasteiger partial charge on any atom is -0.484 e. The number of anilines is 1. The number of carbonyl (C=O) groups is 1. The Balaban J connectivity index is 1.60. The van der Waals surface area contributed by atoms with E-state index in [0.717, 1.165) is 21.3 Å². The zero-order chi connectivity index (χ0) is 17.8. The van der Waals surface area contributed by atoms with Crippen molar-refractivity contribution in [2.75, 3.05) is 11.9 Å². The van der Waals surface area contributed by atoms with Crippen LogP contribution in [0.25, 0.3) is 11.3 Å². The lowest BCUT2D eigenvalue weighted by Crippen LogP contribution is -2.20. The van der Waals surface area contributed by atoms with Crippen LogP contribution in [0.5, 0.6) is 5.75 Å². The molecule has 1 N–H and O–H groups in total. The molecule has 25 heavy (non-hydrogen) atoms. The molecule has 0 aliphatic heterocycles. The van der Waals surface area contributed by atoms with Gasteiger partial charge in [0.2, 0.25) is 0 Å². The van der Waals surface area contributed by atoms with Gasteiger partial charge in [-0.3, -0.25) is 10.1 Å². The van der Waals surface area contributed by atoms with Crippen LogP contribution >= 0.6 is 38.9 Å². The van der Waals surface area contributed by atoms with Crippen molar-refractivity contribution in [1.29, 1.82) is 0 Å². The summed E-state index contributed by atoms with van der Waals surface area (Å²) < 4.78 is 6.51. The monoisotopic (exact) mass is 436 g/mol. The van der Waals surface area contributed by atoms with Crippen LogP contribution in [0, 0.1) is 6.92 Å². The van der Waals surface area contributed by atoms with Gasteiger partial charge in [-0.15, -0.1) is 11.3 Å². The lowest BCUT2D eigenvalue weighted by Gasteiger charge is -2.07. The van der Waals surface area contributed by atoms with Gasteiger partial charge in [-0.25, -0.2) is 4.98 Å². The highest BCUT2D eigenvalue weighted by Crippen LogP contribution is 2.30. The van der Waals surface area contributed by atoms with Gasteiger partial charge in [0.25, 0.3) is 5.91 Å². The second-order valence-electron chi connectivity index (χ2n) is 5.27. The molecule has 3 aromatic rings. The summed E-state index contributed by atoms with van der Waals surface area (Å²) in [5.41, 5.74) is 2.61. The van der Waals surface area contributed by atoms with Gasteiger partial charge in [-0.05, 0) is 36.8 Å². The number of rotatable bonds is 5. The normalized spacial score (nSPS) is 10.5. The Hall–Kier alpha value is -1.89. The molecule has 0 saturated heterocycles. The van der Waals surface area contributed by atoms with E-state index in [1.165, 1.54) is 11.3 Å². The lowest BCUT2D eigenvalue weighted by molar-refractivity contribution is -0.118. The Labute approximate surface area is 162 Å². The maximum Gasteiger partial charge on any atom is 0.264 e. The van der Waals surface area contributed by atoms with Crippen LogP contribution < -0.4 is 10.1 Å². The fourth-order valence-electron chi connectivity index (χ4n) is 2.13. The Morgan fingerprint density at radius 3 is 2.88 bits per heavy atom. The summed E-state index contributed by atoms with van der Waals surface area (Å²) in [4.78, 5) is 16.4. The van der Waals surface area contributed by atoms with Crippen molar-refractivity contribution in [2.45, 2.75) is 6.92 Å². The molecule has 4 nitrogen and oxygen atoms in total. The van der Waals surface area contributed by atoms with Crippen molar-refractivity contribution in [2.24, 2.45) is 0 Å². The molecule has 1 aromatic heterocycles. The number of carbonyl (C=O) groups excluding carboxylic acids is 1. The largest absolute Gasteiger partial charge is 0.484 e. The van der Waals surface area contributed by atoms with Gasteiger partial charge in [-0.2, -0.15) is 0 Å². The number of hydrogen-bond acceptors (Lipinski definition) is 4. The van der Waals surface area contributed by atoms with Crippen LogP contribution in [-0.2, 0) is 4.79 Å². The van der Waals surface area contributed by atoms with Crippen molar-refractivity contribution < 1.29 is 9.53 Å². The van der Waals surface area contributed by atoms with Crippen molar-refractivity contribution in [3.63, 3.8) is 0 Å². The maximum absolute atomic E-state index is 12.0. The maximum atomic E-state index is 12.0. The predicted octanol–water partition coefficient (Wildman–Crippen LogP) is 5.55. The number of amides is 1. The molecule has 2 aromatic carbocycles. The molecule has 0 saturated carbocycles. The number of thiazole rings is 1. The predicted molar refractivity (Wildman–Crippen MR) is 106 cm³/mol. The Kier molecular flexibility index (Phi) is 5.73. The molecule has 3 rings (SSSR count). The van der Waals surface area contributed by atoms with Gasteiger partial charge in [0.05, 0.1) is 5.69 Å². The zero-order valence-corrected chi connectivity index (χ0v) is 16.4. The van der Waals surface area contributed by atoms with E-state index in [0.29, 0.717) is 15.9 Å². The van der Waals surface area contributed by atoms with Gasteiger partial charge in [-0.1, -0.05) is 45.7 Å². The van der Waals surface area contributed by atoms with Crippen molar-refractivity contribution in [3.8, 4) is 17.0 Å². The molecule has 0 fully saturated rings. The van der Waals surface area contributed by atoms with Crippen molar-refractivity contribution in [1.82, 2.24) is 4.98 Å². The van der Waals surface area contributed by atoms with E-state index < -0.39 is 0 Å². The van der Waals surface area contributed by atoms with E-state index in [2.05, 4.69) is 26.2 Å². The number of nitrogens with one attached hydrogen (secondary N) is 1. The smallest absolute Gasteiger partial charge is 0.264 e. The van der Waals surface area contributed by atoms with Crippen LogP contribution in [0.2, 0.25) is 5.02 Å². The van der Waals surface area contributed by atoms with E-state index in [4.69, 9.17) is 16.3 Å². The van der Waals surface area contributed by atoms with E-state index in [1.54, 1.807) is 0 Å². The minimum absolute atomic E-state index is 0.0813. The van der Waals surface area contributed by atoms with Gasteiger partial charge in [0, 0.05) is 20.4 Å². The fourth-order valence-corrected chi connectivity index (χ4v) is 3.34. The van der Waals surface area contributed by atoms with Crippen LogP contribution in [0.15, 0.2) is 52.3 Å². The number of nitrogens with zero attached hydrogens (tertiary/aromatic N) is 1. The summed E-state index contributed by atoms with van der Waals surface area (Å²) in [6.45, 7) is 1.88. The molecule has 0 atom stereocenters. The summed E-state index contributed by atoms with van der Waals surface area (Å²) in [5, 5.41) is 5.73. The molecular formula is C18H14BrClN2O2S. The SMILES string of the molecule is Cc1cc(OCC(=O)Nc2nc(-c3ccccc3Cl)cs2)ccc1Br. The van der Waals surface area contributed by atoms with Crippen LogP contribution in [0.3, 0.4) is 0 Å². The first-order chi connectivity index (χ1) is 12.0. The zero-order valence-electron chi connectivity index (χ0n) is 13.3. The number of aromatic nitrogens is 1. The fraction of sp³-hybridized carbons (Fsp3) is 0.111. The third-order valence-corrected chi connectivity index (χ3v) is 5.38. The van der Waals surface area contributed by atoms with Crippen LogP contribution in [-0.4, -0.2) is 17.5 Å². The molecule has 1 amide bonds. The number of benzene rings is 2. The van der Waals surface area contributed by atoms with E-state index in [9.17, 15) is 4.79 Å². The number of hydrogen-bond donors (Lipinski definition) is 1. The van der Waals surface area contributed by atoms with Gasteiger partial charge in [0.1, 0.15) is 5.75 Å². The molecule has 0 spiro atoms. The number of ether oxygens (including phenoxy) is 1. The third-order valence-electron chi connectivity index (χ3n) is 3.40. The van der Waals surface area contributed by atoms with Gasteiger partial charge >= 0.3 is 0 Å². The highest BCUT2D eigenvalue weighted by atomic mass is 79.9. The van der Waals surface area contributed by atoms with Crippen LogP contribution in [0.4, 0.5) is 5.13 Å². The highest BCUT2D eigenvalue weighted by Gasteiger charge is 2.11.